The van der Waals surface area contributed by atoms with Crippen LogP contribution in [0.4, 0.5) is 0 Å². The van der Waals surface area contributed by atoms with Crippen LogP contribution in [0.5, 0.6) is 0 Å². The number of amides is 1. The van der Waals surface area contributed by atoms with Crippen LogP contribution in [0.3, 0.4) is 0 Å². The Morgan fingerprint density at radius 3 is 3.00 bits per heavy atom. The molecule has 0 bridgehead atoms. The number of hydrogen-bond acceptors (Lipinski definition) is 1. The fourth-order valence-electron chi connectivity index (χ4n) is 3.26. The smallest absolute Gasteiger partial charge is 0.221 e. The lowest BCUT2D eigenvalue weighted by molar-refractivity contribution is -0.122. The average molecular weight is 255 g/mol. The summed E-state index contributed by atoms with van der Waals surface area (Å²) in [6.07, 6.45) is 10.7. The Labute approximate surface area is 114 Å². The first-order chi connectivity index (χ1) is 9.33. The van der Waals surface area contributed by atoms with E-state index in [-0.39, 0.29) is 11.9 Å². The van der Waals surface area contributed by atoms with Crippen LogP contribution >= 0.6 is 0 Å². The third-order valence-corrected chi connectivity index (χ3v) is 4.26. The zero-order chi connectivity index (χ0) is 13.1. The second kappa shape index (κ2) is 5.60. The second-order valence-electron chi connectivity index (χ2n) is 5.68. The van der Waals surface area contributed by atoms with Gasteiger partial charge in [-0.2, -0.15) is 0 Å². The van der Waals surface area contributed by atoms with Crippen molar-refractivity contribution >= 4 is 5.91 Å². The summed E-state index contributed by atoms with van der Waals surface area (Å²) in [6, 6.07) is 8.74. The van der Waals surface area contributed by atoms with E-state index < -0.39 is 0 Å². The van der Waals surface area contributed by atoms with Crippen LogP contribution in [-0.2, 0) is 11.2 Å². The van der Waals surface area contributed by atoms with E-state index in [0.717, 1.165) is 25.7 Å². The summed E-state index contributed by atoms with van der Waals surface area (Å²) in [5.74, 6) is 0.664. The summed E-state index contributed by atoms with van der Waals surface area (Å²) >= 11 is 0. The average Bonchev–Trinajstić information content (AvgIpc) is 2.92. The lowest BCUT2D eigenvalue weighted by Crippen LogP contribution is -2.31. The molecule has 0 unspecified atom stereocenters. The third-order valence-electron chi connectivity index (χ3n) is 4.26. The van der Waals surface area contributed by atoms with E-state index in [1.165, 1.54) is 17.5 Å². The Morgan fingerprint density at radius 2 is 2.16 bits per heavy atom. The van der Waals surface area contributed by atoms with Crippen molar-refractivity contribution in [2.45, 2.75) is 44.6 Å². The third kappa shape index (κ3) is 2.89. The van der Waals surface area contributed by atoms with Crippen molar-refractivity contribution in [3.63, 3.8) is 0 Å². The van der Waals surface area contributed by atoms with Crippen molar-refractivity contribution in [3.05, 3.63) is 47.5 Å². The van der Waals surface area contributed by atoms with Gasteiger partial charge in [0.25, 0.3) is 0 Å². The van der Waals surface area contributed by atoms with Crippen LogP contribution in [0, 0.1) is 5.92 Å². The molecule has 2 aliphatic rings. The van der Waals surface area contributed by atoms with E-state index in [4.69, 9.17) is 0 Å². The number of fused-ring (bicyclic) bond motifs is 1. The molecule has 0 spiro atoms. The van der Waals surface area contributed by atoms with Gasteiger partial charge in [0, 0.05) is 6.42 Å². The molecule has 0 saturated heterocycles. The Hall–Kier alpha value is -1.57. The number of carbonyl (C=O) groups is 1. The molecular weight excluding hydrogens is 234 g/mol. The first-order valence-corrected chi connectivity index (χ1v) is 7.37. The van der Waals surface area contributed by atoms with Crippen molar-refractivity contribution in [2.75, 3.05) is 0 Å². The minimum Gasteiger partial charge on any atom is -0.349 e. The molecule has 0 aliphatic heterocycles. The van der Waals surface area contributed by atoms with Crippen LogP contribution in [0.15, 0.2) is 36.4 Å². The van der Waals surface area contributed by atoms with Gasteiger partial charge in [0.1, 0.15) is 0 Å². The molecule has 0 saturated carbocycles. The van der Waals surface area contributed by atoms with Gasteiger partial charge in [0.15, 0.2) is 0 Å². The Kier molecular flexibility index (Phi) is 3.67. The molecular formula is C17H21NO. The first-order valence-electron chi connectivity index (χ1n) is 7.37. The molecule has 19 heavy (non-hydrogen) atoms. The molecule has 2 heteroatoms. The fraction of sp³-hybridized carbons (Fsp3) is 0.471. The molecule has 0 heterocycles. The van der Waals surface area contributed by atoms with Gasteiger partial charge in [-0.05, 0) is 49.1 Å². The van der Waals surface area contributed by atoms with Gasteiger partial charge in [-0.25, -0.2) is 0 Å². The van der Waals surface area contributed by atoms with Gasteiger partial charge < -0.3 is 5.32 Å². The van der Waals surface area contributed by atoms with Gasteiger partial charge in [-0.3, -0.25) is 4.79 Å². The number of allylic oxidation sites excluding steroid dienone is 2. The van der Waals surface area contributed by atoms with Gasteiger partial charge >= 0.3 is 0 Å². The van der Waals surface area contributed by atoms with E-state index in [1.54, 1.807) is 0 Å². The summed E-state index contributed by atoms with van der Waals surface area (Å²) in [5.41, 5.74) is 2.73. The van der Waals surface area contributed by atoms with Gasteiger partial charge in [-0.15, -0.1) is 0 Å². The second-order valence-corrected chi connectivity index (χ2v) is 5.68. The fourth-order valence-corrected chi connectivity index (χ4v) is 3.26. The zero-order valence-corrected chi connectivity index (χ0v) is 11.3. The number of aryl methyl sites for hydroxylation is 1. The molecule has 0 radical (unpaired) electrons. The molecule has 1 aromatic carbocycles. The summed E-state index contributed by atoms with van der Waals surface area (Å²) in [5, 5.41) is 3.23. The number of nitrogens with one attached hydrogen (secondary N) is 1. The van der Waals surface area contributed by atoms with E-state index in [1.807, 2.05) is 0 Å². The molecule has 100 valence electrons. The Bertz CT molecular complexity index is 492. The van der Waals surface area contributed by atoms with Gasteiger partial charge in [-0.1, -0.05) is 36.4 Å². The first kappa shape index (κ1) is 12.5. The Balaban J connectivity index is 1.64. The molecule has 0 aromatic heterocycles. The topological polar surface area (TPSA) is 29.1 Å². The van der Waals surface area contributed by atoms with E-state index in [9.17, 15) is 4.79 Å². The maximum absolute atomic E-state index is 12.1. The maximum Gasteiger partial charge on any atom is 0.221 e. The predicted molar refractivity (Wildman–Crippen MR) is 76.7 cm³/mol. The summed E-state index contributed by atoms with van der Waals surface area (Å²) in [6.45, 7) is 0. The largest absolute Gasteiger partial charge is 0.349 e. The molecule has 1 N–H and O–H groups in total. The highest BCUT2D eigenvalue weighted by atomic mass is 16.1. The van der Waals surface area contributed by atoms with Crippen LogP contribution in [-0.4, -0.2) is 5.91 Å². The van der Waals surface area contributed by atoms with Crippen molar-refractivity contribution in [1.29, 1.82) is 0 Å². The molecule has 2 aliphatic carbocycles. The van der Waals surface area contributed by atoms with Crippen LogP contribution in [0.1, 0.15) is 49.3 Å². The predicted octanol–water partition coefficient (Wildman–Crippen LogP) is 3.54. The van der Waals surface area contributed by atoms with Crippen LogP contribution in [0.2, 0.25) is 0 Å². The number of rotatable bonds is 3. The van der Waals surface area contributed by atoms with Crippen molar-refractivity contribution < 1.29 is 4.79 Å². The molecule has 3 rings (SSSR count). The van der Waals surface area contributed by atoms with E-state index in [2.05, 4.69) is 41.7 Å². The summed E-state index contributed by atoms with van der Waals surface area (Å²) in [7, 11) is 0. The highest BCUT2D eigenvalue weighted by Gasteiger charge is 2.22. The van der Waals surface area contributed by atoms with Crippen molar-refractivity contribution in [1.82, 2.24) is 5.32 Å². The van der Waals surface area contributed by atoms with Gasteiger partial charge in [0.05, 0.1) is 6.04 Å². The maximum atomic E-state index is 12.1. The van der Waals surface area contributed by atoms with Crippen LogP contribution < -0.4 is 5.32 Å². The molecule has 2 atom stereocenters. The lowest BCUT2D eigenvalue weighted by atomic mass is 9.87. The molecule has 0 fully saturated rings. The van der Waals surface area contributed by atoms with E-state index in [0.29, 0.717) is 12.3 Å². The number of hydrogen-bond donors (Lipinski definition) is 1. The minimum atomic E-state index is 0.207. The standard InChI is InChI=1S/C17H21NO/c19-17(12-13-6-1-2-7-13)18-16-11-5-9-14-8-3-4-10-15(14)16/h1,3-4,6,8,10,13,16H,2,5,7,9,11-12H2,(H,18,19)/t13-,16+/m1/s1. The highest BCUT2D eigenvalue weighted by molar-refractivity contribution is 5.77. The normalized spacial score (nSPS) is 25.1. The zero-order valence-electron chi connectivity index (χ0n) is 11.3. The van der Waals surface area contributed by atoms with Crippen LogP contribution in [0.25, 0.3) is 0 Å². The highest BCUT2D eigenvalue weighted by Crippen LogP contribution is 2.30. The number of benzene rings is 1. The summed E-state index contributed by atoms with van der Waals surface area (Å²) < 4.78 is 0. The van der Waals surface area contributed by atoms with E-state index >= 15 is 0 Å². The van der Waals surface area contributed by atoms with Crippen molar-refractivity contribution in [3.8, 4) is 0 Å². The minimum absolute atomic E-state index is 0.207. The van der Waals surface area contributed by atoms with Gasteiger partial charge in [0.2, 0.25) is 5.91 Å². The Morgan fingerprint density at radius 1 is 1.26 bits per heavy atom. The molecule has 1 aromatic rings. The number of carbonyl (C=O) groups excluding carboxylic acids is 1. The monoisotopic (exact) mass is 255 g/mol. The lowest BCUT2D eigenvalue weighted by Gasteiger charge is -2.26. The summed E-state index contributed by atoms with van der Waals surface area (Å²) in [4.78, 5) is 12.1. The molecule has 2 nitrogen and oxygen atoms in total. The molecule has 1 amide bonds. The van der Waals surface area contributed by atoms with Crippen molar-refractivity contribution in [2.24, 2.45) is 5.92 Å². The SMILES string of the molecule is O=C(C[C@@H]1C=CCC1)N[C@H]1CCCc2ccccc21. The quantitative estimate of drug-likeness (QED) is 0.822.